The topological polar surface area (TPSA) is 67.4 Å². The number of rotatable bonds is 7. The number of carbonyl (C=O) groups is 1. The normalized spacial score (nSPS) is 18.4. The van der Waals surface area contributed by atoms with Crippen molar-refractivity contribution in [3.63, 3.8) is 0 Å². The molecule has 0 radical (unpaired) electrons. The highest BCUT2D eigenvalue weighted by molar-refractivity contribution is 5.86. The minimum absolute atomic E-state index is 0.225. The lowest BCUT2D eigenvalue weighted by Crippen LogP contribution is -2.44. The van der Waals surface area contributed by atoms with E-state index in [1.54, 1.807) is 7.11 Å². The molecule has 0 unspecified atom stereocenters. The zero-order valence-electron chi connectivity index (χ0n) is 22.6. The first-order chi connectivity index (χ1) is 17.2. The van der Waals surface area contributed by atoms with E-state index in [0.29, 0.717) is 25.6 Å². The Morgan fingerprint density at radius 2 is 1.78 bits per heavy atom. The van der Waals surface area contributed by atoms with E-state index in [1.165, 1.54) is 5.56 Å². The van der Waals surface area contributed by atoms with Crippen molar-refractivity contribution in [1.29, 1.82) is 0 Å². The van der Waals surface area contributed by atoms with Gasteiger partial charge in [-0.2, -0.15) is 0 Å². The van der Waals surface area contributed by atoms with Crippen LogP contribution in [0, 0.1) is 0 Å². The van der Waals surface area contributed by atoms with E-state index < -0.39 is 5.60 Å². The van der Waals surface area contributed by atoms with Crippen LogP contribution in [0.15, 0.2) is 24.4 Å². The summed E-state index contributed by atoms with van der Waals surface area (Å²) in [4.78, 5) is 23.8. The molecule has 0 bridgehead atoms. The third-order valence-corrected chi connectivity index (χ3v) is 7.12. The van der Waals surface area contributed by atoms with E-state index in [4.69, 9.17) is 14.2 Å². The molecule has 0 aliphatic carbocycles. The highest BCUT2D eigenvalue weighted by Gasteiger charge is 2.28. The number of piperidine rings is 1. The summed E-state index contributed by atoms with van der Waals surface area (Å²) in [5.74, 6) is 1.84. The van der Waals surface area contributed by atoms with Crippen LogP contribution in [0.1, 0.15) is 51.5 Å². The average Bonchev–Trinajstić information content (AvgIpc) is 2.86. The first kappa shape index (κ1) is 26.5. The van der Waals surface area contributed by atoms with Crippen LogP contribution >= 0.6 is 0 Å². The third-order valence-electron chi connectivity index (χ3n) is 7.12. The van der Waals surface area contributed by atoms with Crippen LogP contribution in [-0.2, 0) is 4.74 Å². The molecule has 4 rings (SSSR count). The second-order valence-corrected chi connectivity index (χ2v) is 11.0. The van der Waals surface area contributed by atoms with Gasteiger partial charge in [0, 0.05) is 63.5 Å². The first-order valence-electron chi connectivity index (χ1n) is 13.2. The maximum absolute atomic E-state index is 12.5. The fourth-order valence-corrected chi connectivity index (χ4v) is 5.04. The van der Waals surface area contributed by atoms with Crippen LogP contribution in [-0.4, -0.2) is 98.0 Å². The molecular weight excluding hydrogens is 456 g/mol. The molecule has 3 heterocycles. The Morgan fingerprint density at radius 3 is 2.44 bits per heavy atom. The van der Waals surface area contributed by atoms with Crippen molar-refractivity contribution >= 4 is 17.0 Å². The number of piperazine rings is 1. The van der Waals surface area contributed by atoms with Crippen LogP contribution in [0.25, 0.3) is 10.9 Å². The number of hydrogen-bond donors (Lipinski definition) is 0. The number of amides is 1. The molecule has 8 nitrogen and oxygen atoms in total. The molecule has 1 aromatic heterocycles. The second kappa shape index (κ2) is 11.6. The number of nitrogens with zero attached hydrogens (tertiary/aromatic N) is 4. The highest BCUT2D eigenvalue weighted by Crippen LogP contribution is 2.38. The molecular formula is C28H42N4O4. The Kier molecular flexibility index (Phi) is 8.57. The number of likely N-dealkylation sites (tertiary alicyclic amines) is 1. The van der Waals surface area contributed by atoms with Gasteiger partial charge in [0.25, 0.3) is 0 Å². The summed E-state index contributed by atoms with van der Waals surface area (Å²) in [6.45, 7) is 13.3. The lowest BCUT2D eigenvalue weighted by Gasteiger charge is -2.34. The summed E-state index contributed by atoms with van der Waals surface area (Å²) >= 11 is 0. The van der Waals surface area contributed by atoms with Gasteiger partial charge in [0.05, 0.1) is 19.2 Å². The van der Waals surface area contributed by atoms with E-state index in [0.717, 1.165) is 74.4 Å². The van der Waals surface area contributed by atoms with Gasteiger partial charge in [0.1, 0.15) is 5.60 Å². The van der Waals surface area contributed by atoms with Crippen molar-refractivity contribution in [2.45, 2.75) is 51.6 Å². The highest BCUT2D eigenvalue weighted by atomic mass is 16.6. The minimum atomic E-state index is -0.476. The summed E-state index contributed by atoms with van der Waals surface area (Å²) in [6, 6.07) is 6.17. The Balaban J connectivity index is 1.38. The molecule has 0 saturated carbocycles. The van der Waals surface area contributed by atoms with Gasteiger partial charge < -0.3 is 28.9 Å². The van der Waals surface area contributed by atoms with E-state index in [2.05, 4.69) is 34.0 Å². The molecule has 2 aliphatic heterocycles. The number of benzene rings is 1. The number of methoxy groups -OCH3 is 1. The zero-order chi connectivity index (χ0) is 25.7. The van der Waals surface area contributed by atoms with E-state index >= 15 is 0 Å². The SMILES string of the molecule is COc1cc2c(C3CCN(C(=O)OC(C)(C)C)CC3)ccnc2cc1OCCCN1CCN(C)CC1. The number of hydrogen-bond acceptors (Lipinski definition) is 7. The van der Waals surface area contributed by atoms with Crippen molar-refractivity contribution in [3.8, 4) is 11.5 Å². The summed E-state index contributed by atoms with van der Waals surface area (Å²) < 4.78 is 17.4. The maximum atomic E-state index is 12.5. The van der Waals surface area contributed by atoms with Crippen molar-refractivity contribution < 1.29 is 19.0 Å². The van der Waals surface area contributed by atoms with Crippen molar-refractivity contribution in [2.75, 3.05) is 66.6 Å². The maximum Gasteiger partial charge on any atom is 0.410 e. The van der Waals surface area contributed by atoms with Crippen LogP contribution in [0.5, 0.6) is 11.5 Å². The standard InChI is InChI=1S/C28H42N4O4/c1-28(2,3)36-27(33)32-12-8-21(9-13-32)22-7-10-29-24-20-26(25(34-5)19-23(22)24)35-18-6-11-31-16-14-30(4)15-17-31/h7,10,19-21H,6,8-9,11-18H2,1-5H3. The fraction of sp³-hybridized carbons (Fsp3) is 0.643. The quantitative estimate of drug-likeness (QED) is 0.525. The van der Waals surface area contributed by atoms with Crippen molar-refractivity contribution in [3.05, 3.63) is 30.0 Å². The van der Waals surface area contributed by atoms with Gasteiger partial charge >= 0.3 is 6.09 Å². The monoisotopic (exact) mass is 498 g/mol. The molecule has 0 atom stereocenters. The van der Waals surface area contributed by atoms with Gasteiger partial charge in [-0.05, 0) is 70.7 Å². The number of carbonyl (C=O) groups excluding carboxylic acids is 1. The molecule has 2 fully saturated rings. The fourth-order valence-electron chi connectivity index (χ4n) is 5.04. The van der Waals surface area contributed by atoms with Crippen LogP contribution in [0.2, 0.25) is 0 Å². The van der Waals surface area contributed by atoms with Crippen LogP contribution < -0.4 is 9.47 Å². The Bertz CT molecular complexity index is 1020. The molecule has 1 aromatic carbocycles. The van der Waals surface area contributed by atoms with Gasteiger partial charge in [-0.3, -0.25) is 4.98 Å². The lowest BCUT2D eigenvalue weighted by molar-refractivity contribution is 0.0205. The van der Waals surface area contributed by atoms with Crippen LogP contribution in [0.3, 0.4) is 0 Å². The smallest absolute Gasteiger partial charge is 0.410 e. The number of ether oxygens (including phenoxy) is 3. The summed E-state index contributed by atoms with van der Waals surface area (Å²) in [5.41, 5.74) is 1.69. The van der Waals surface area contributed by atoms with Crippen molar-refractivity contribution in [1.82, 2.24) is 19.7 Å². The van der Waals surface area contributed by atoms with Gasteiger partial charge in [-0.15, -0.1) is 0 Å². The summed E-state index contributed by atoms with van der Waals surface area (Å²) in [7, 11) is 3.87. The Morgan fingerprint density at radius 1 is 1.06 bits per heavy atom. The summed E-state index contributed by atoms with van der Waals surface area (Å²) in [5, 5.41) is 1.09. The predicted molar refractivity (Wildman–Crippen MR) is 142 cm³/mol. The Labute approximate surface area is 215 Å². The molecule has 2 aliphatic rings. The molecule has 8 heteroatoms. The van der Waals surface area contributed by atoms with Gasteiger partial charge in [-0.25, -0.2) is 4.79 Å². The molecule has 2 aromatic rings. The van der Waals surface area contributed by atoms with Crippen molar-refractivity contribution in [2.24, 2.45) is 0 Å². The van der Waals surface area contributed by atoms with Gasteiger partial charge in [0.15, 0.2) is 11.5 Å². The molecule has 36 heavy (non-hydrogen) atoms. The average molecular weight is 499 g/mol. The van der Waals surface area contributed by atoms with E-state index in [9.17, 15) is 4.79 Å². The first-order valence-corrected chi connectivity index (χ1v) is 13.2. The number of likely N-dealkylation sites (N-methyl/N-ethyl adjacent to an activating group) is 1. The Hall–Kier alpha value is -2.58. The predicted octanol–water partition coefficient (Wildman–Crippen LogP) is 4.37. The zero-order valence-corrected chi connectivity index (χ0v) is 22.6. The summed E-state index contributed by atoms with van der Waals surface area (Å²) in [6.07, 6.45) is 4.42. The van der Waals surface area contributed by atoms with E-state index in [-0.39, 0.29) is 6.09 Å². The molecule has 198 valence electrons. The number of fused-ring (bicyclic) bond motifs is 1. The number of aromatic nitrogens is 1. The van der Waals surface area contributed by atoms with Gasteiger partial charge in [-0.1, -0.05) is 0 Å². The second-order valence-electron chi connectivity index (χ2n) is 11.0. The molecule has 0 N–H and O–H groups in total. The largest absolute Gasteiger partial charge is 0.493 e. The van der Waals surface area contributed by atoms with E-state index in [1.807, 2.05) is 37.9 Å². The number of pyridine rings is 1. The lowest BCUT2D eigenvalue weighted by atomic mass is 9.87. The third kappa shape index (κ3) is 6.79. The molecule has 0 spiro atoms. The molecule has 2 saturated heterocycles. The minimum Gasteiger partial charge on any atom is -0.493 e. The molecule has 1 amide bonds. The van der Waals surface area contributed by atoms with Gasteiger partial charge in [0.2, 0.25) is 0 Å². The van der Waals surface area contributed by atoms with Crippen LogP contribution in [0.4, 0.5) is 4.79 Å².